The molecule has 0 aliphatic carbocycles. The maximum atomic E-state index is 10.3. The first-order valence-electron chi connectivity index (χ1n) is 4.12. The van der Waals surface area contributed by atoms with Crippen LogP contribution < -0.4 is 11.3 Å². The molecule has 4 N–H and O–H groups in total. The Bertz CT molecular complexity index is 372. The quantitative estimate of drug-likeness (QED) is 0.384. The predicted molar refractivity (Wildman–Crippen MR) is 55.7 cm³/mol. The molecule has 0 aliphatic rings. The van der Waals surface area contributed by atoms with Gasteiger partial charge in [-0.05, 0) is 24.6 Å². The molecule has 0 spiro atoms. The summed E-state index contributed by atoms with van der Waals surface area (Å²) in [5, 5.41) is 8.49. The zero-order valence-corrected chi connectivity index (χ0v) is 7.82. The van der Waals surface area contributed by atoms with Crippen molar-refractivity contribution in [1.29, 1.82) is 0 Å². The number of rotatable bonds is 3. The number of anilines is 1. The average Bonchev–Trinajstić information content (AvgIpc) is 2.15. The van der Waals surface area contributed by atoms with Crippen LogP contribution in [-0.4, -0.2) is 11.1 Å². The summed E-state index contributed by atoms with van der Waals surface area (Å²) in [5.74, 6) is 4.32. The monoisotopic (exact) mass is 192 g/mol. The number of nitrogen functional groups attached to an aromatic ring is 1. The molecule has 4 heteroatoms. The number of aryl methyl sites for hydroxylation is 1. The topological polar surface area (TPSA) is 75.3 Å². The summed E-state index contributed by atoms with van der Waals surface area (Å²) in [7, 11) is 0. The van der Waals surface area contributed by atoms with Crippen molar-refractivity contribution in [2.24, 2.45) is 5.84 Å². The number of benzene rings is 1. The standard InChI is InChI=1S/C10H12N2O2/c1-7-3-2-4-9(12-11)8(7)5-6-10(13)14/h2-6,12H,11H2,1H3,(H,13,14)/b6-5+. The van der Waals surface area contributed by atoms with Crippen molar-refractivity contribution < 1.29 is 9.90 Å². The lowest BCUT2D eigenvalue weighted by Crippen LogP contribution is -2.08. The van der Waals surface area contributed by atoms with Crippen molar-refractivity contribution in [2.75, 3.05) is 5.43 Å². The summed E-state index contributed by atoms with van der Waals surface area (Å²) < 4.78 is 0. The van der Waals surface area contributed by atoms with Crippen molar-refractivity contribution >= 4 is 17.7 Å². The average molecular weight is 192 g/mol. The number of nitrogens with two attached hydrogens (primary N) is 1. The zero-order valence-electron chi connectivity index (χ0n) is 7.82. The number of carboxylic acids is 1. The summed E-state index contributed by atoms with van der Waals surface area (Å²) in [5.41, 5.74) is 4.99. The maximum absolute atomic E-state index is 10.3. The van der Waals surface area contributed by atoms with Crippen LogP contribution in [0.1, 0.15) is 11.1 Å². The molecule has 0 amide bonds. The van der Waals surface area contributed by atoms with Gasteiger partial charge in [-0.15, -0.1) is 0 Å². The Hall–Kier alpha value is -1.81. The Morgan fingerprint density at radius 1 is 1.57 bits per heavy atom. The molecule has 0 fully saturated rings. The van der Waals surface area contributed by atoms with Gasteiger partial charge < -0.3 is 10.5 Å². The highest BCUT2D eigenvalue weighted by Crippen LogP contribution is 2.19. The molecule has 1 rings (SSSR count). The zero-order chi connectivity index (χ0) is 10.6. The maximum Gasteiger partial charge on any atom is 0.328 e. The first kappa shape index (κ1) is 10.3. The van der Waals surface area contributed by atoms with Crippen LogP contribution in [0.4, 0.5) is 5.69 Å². The summed E-state index contributed by atoms with van der Waals surface area (Å²) in [4.78, 5) is 10.3. The molecule has 0 aromatic heterocycles. The van der Waals surface area contributed by atoms with Gasteiger partial charge in [-0.1, -0.05) is 12.1 Å². The largest absolute Gasteiger partial charge is 0.478 e. The van der Waals surface area contributed by atoms with Crippen LogP contribution in [0.5, 0.6) is 0 Å². The van der Waals surface area contributed by atoms with Gasteiger partial charge in [0.1, 0.15) is 0 Å². The van der Waals surface area contributed by atoms with Crippen LogP contribution in [0.2, 0.25) is 0 Å². The SMILES string of the molecule is Cc1cccc(NN)c1/C=C/C(=O)O. The third-order valence-corrected chi connectivity index (χ3v) is 1.87. The molecule has 0 aliphatic heterocycles. The molecule has 0 atom stereocenters. The second kappa shape index (κ2) is 4.43. The Morgan fingerprint density at radius 3 is 2.86 bits per heavy atom. The molecule has 0 bridgehead atoms. The molecule has 0 unspecified atom stereocenters. The van der Waals surface area contributed by atoms with Crippen molar-refractivity contribution in [3.63, 3.8) is 0 Å². The van der Waals surface area contributed by atoms with Crippen LogP contribution in [0.15, 0.2) is 24.3 Å². The molecule has 0 saturated heterocycles. The van der Waals surface area contributed by atoms with Gasteiger partial charge in [0.05, 0.1) is 5.69 Å². The number of hydrogen-bond donors (Lipinski definition) is 3. The molecule has 4 nitrogen and oxygen atoms in total. The van der Waals surface area contributed by atoms with E-state index in [0.717, 1.165) is 17.2 Å². The number of carbonyl (C=O) groups is 1. The van der Waals surface area contributed by atoms with Gasteiger partial charge in [-0.25, -0.2) is 4.79 Å². The van der Waals surface area contributed by atoms with Crippen molar-refractivity contribution in [3.05, 3.63) is 35.4 Å². The minimum absolute atomic E-state index is 0.711. The number of carboxylic acid groups (broad SMARTS) is 1. The van der Waals surface area contributed by atoms with E-state index in [1.54, 1.807) is 6.07 Å². The Kier molecular flexibility index (Phi) is 3.25. The first-order valence-corrected chi connectivity index (χ1v) is 4.12. The fraction of sp³-hybridized carbons (Fsp3) is 0.100. The van der Waals surface area contributed by atoms with Gasteiger partial charge in [-0.3, -0.25) is 5.84 Å². The highest BCUT2D eigenvalue weighted by atomic mass is 16.4. The van der Waals surface area contributed by atoms with Gasteiger partial charge >= 0.3 is 5.97 Å². The van der Waals surface area contributed by atoms with E-state index in [0.29, 0.717) is 5.69 Å². The summed E-state index contributed by atoms with van der Waals surface area (Å²) in [6, 6.07) is 5.53. The van der Waals surface area contributed by atoms with Crippen LogP contribution in [0, 0.1) is 6.92 Å². The highest BCUT2D eigenvalue weighted by molar-refractivity contribution is 5.87. The number of hydrogen-bond acceptors (Lipinski definition) is 3. The van der Waals surface area contributed by atoms with Gasteiger partial charge in [0, 0.05) is 11.6 Å². The van der Waals surface area contributed by atoms with Crippen LogP contribution >= 0.6 is 0 Å². The van der Waals surface area contributed by atoms with Crippen LogP contribution in [0.3, 0.4) is 0 Å². The number of hydrazine groups is 1. The lowest BCUT2D eigenvalue weighted by atomic mass is 10.1. The van der Waals surface area contributed by atoms with E-state index in [1.165, 1.54) is 6.08 Å². The van der Waals surface area contributed by atoms with Gasteiger partial charge in [0.25, 0.3) is 0 Å². The normalized spacial score (nSPS) is 10.4. The second-order valence-electron chi connectivity index (χ2n) is 2.85. The smallest absolute Gasteiger partial charge is 0.328 e. The van der Waals surface area contributed by atoms with E-state index >= 15 is 0 Å². The fourth-order valence-corrected chi connectivity index (χ4v) is 1.18. The van der Waals surface area contributed by atoms with E-state index < -0.39 is 5.97 Å². The molecule has 14 heavy (non-hydrogen) atoms. The van der Waals surface area contributed by atoms with E-state index in [4.69, 9.17) is 10.9 Å². The molecule has 1 aromatic carbocycles. The fourth-order valence-electron chi connectivity index (χ4n) is 1.18. The van der Waals surface area contributed by atoms with Gasteiger partial charge in [-0.2, -0.15) is 0 Å². The van der Waals surface area contributed by atoms with E-state index in [9.17, 15) is 4.79 Å². The van der Waals surface area contributed by atoms with E-state index in [-0.39, 0.29) is 0 Å². The molecule has 0 radical (unpaired) electrons. The Morgan fingerprint density at radius 2 is 2.29 bits per heavy atom. The summed E-state index contributed by atoms with van der Waals surface area (Å²) in [6.45, 7) is 1.89. The lowest BCUT2D eigenvalue weighted by Gasteiger charge is -2.07. The lowest BCUT2D eigenvalue weighted by molar-refractivity contribution is -0.131. The molecular formula is C10H12N2O2. The van der Waals surface area contributed by atoms with Crippen molar-refractivity contribution in [1.82, 2.24) is 0 Å². The molecule has 1 aromatic rings. The van der Waals surface area contributed by atoms with E-state index in [2.05, 4.69) is 5.43 Å². The van der Waals surface area contributed by atoms with Crippen molar-refractivity contribution in [3.8, 4) is 0 Å². The highest BCUT2D eigenvalue weighted by Gasteiger charge is 2.00. The summed E-state index contributed by atoms with van der Waals surface area (Å²) >= 11 is 0. The van der Waals surface area contributed by atoms with E-state index in [1.807, 2.05) is 19.1 Å². The number of nitrogens with one attached hydrogen (secondary N) is 1. The Balaban J connectivity index is 3.11. The second-order valence-corrected chi connectivity index (χ2v) is 2.85. The predicted octanol–water partition coefficient (Wildman–Crippen LogP) is 1.38. The third kappa shape index (κ3) is 2.34. The first-order chi connectivity index (χ1) is 6.65. The molecule has 74 valence electrons. The minimum atomic E-state index is -0.976. The van der Waals surface area contributed by atoms with Gasteiger partial charge in [0.2, 0.25) is 0 Å². The molecular weight excluding hydrogens is 180 g/mol. The molecule has 0 heterocycles. The minimum Gasteiger partial charge on any atom is -0.478 e. The number of aliphatic carboxylic acids is 1. The summed E-state index contributed by atoms with van der Waals surface area (Å²) in [6.07, 6.45) is 2.61. The third-order valence-electron chi connectivity index (χ3n) is 1.87. The van der Waals surface area contributed by atoms with Gasteiger partial charge in [0.15, 0.2) is 0 Å². The van der Waals surface area contributed by atoms with Crippen LogP contribution in [-0.2, 0) is 4.79 Å². The molecule has 0 saturated carbocycles. The van der Waals surface area contributed by atoms with Crippen molar-refractivity contribution in [2.45, 2.75) is 6.92 Å². The Labute approximate surface area is 82.0 Å². The van der Waals surface area contributed by atoms with Crippen LogP contribution in [0.25, 0.3) is 6.08 Å².